The Morgan fingerprint density at radius 1 is 1.38 bits per heavy atom. The van der Waals surface area contributed by atoms with Crippen LogP contribution < -0.4 is 0 Å². The van der Waals surface area contributed by atoms with Gasteiger partial charge in [0.25, 0.3) is 11.6 Å². The third-order valence-electron chi connectivity index (χ3n) is 2.11. The predicted octanol–water partition coefficient (Wildman–Crippen LogP) is 2.26. The molecule has 0 bridgehead atoms. The van der Waals surface area contributed by atoms with Gasteiger partial charge in [-0.25, -0.2) is 0 Å². The molecular formula is C10H9N3O3. The summed E-state index contributed by atoms with van der Waals surface area (Å²) in [5.41, 5.74) is 1.13. The minimum Gasteiger partial charge on any atom is -0.334 e. The van der Waals surface area contributed by atoms with E-state index in [4.69, 9.17) is 4.52 Å². The molecular weight excluding hydrogens is 210 g/mol. The molecule has 0 aliphatic carbocycles. The average Bonchev–Trinajstić information content (AvgIpc) is 2.64. The van der Waals surface area contributed by atoms with Crippen LogP contribution in [0, 0.1) is 24.0 Å². The summed E-state index contributed by atoms with van der Waals surface area (Å²) in [6.07, 6.45) is 0. The van der Waals surface area contributed by atoms with Crippen LogP contribution in [0.2, 0.25) is 0 Å². The highest BCUT2D eigenvalue weighted by Crippen LogP contribution is 2.29. The summed E-state index contributed by atoms with van der Waals surface area (Å²) in [7, 11) is 0. The van der Waals surface area contributed by atoms with Crippen LogP contribution in [0.1, 0.15) is 11.4 Å². The van der Waals surface area contributed by atoms with Gasteiger partial charge >= 0.3 is 0 Å². The highest BCUT2D eigenvalue weighted by Gasteiger charge is 2.19. The number of rotatable bonds is 2. The molecule has 0 aliphatic rings. The topological polar surface area (TPSA) is 82.1 Å². The Morgan fingerprint density at radius 3 is 2.69 bits per heavy atom. The van der Waals surface area contributed by atoms with Crippen LogP contribution in [-0.4, -0.2) is 15.1 Å². The van der Waals surface area contributed by atoms with Gasteiger partial charge in [-0.2, -0.15) is 4.98 Å². The quantitative estimate of drug-likeness (QED) is 0.571. The number of nitro groups is 1. The monoisotopic (exact) mass is 219 g/mol. The highest BCUT2D eigenvalue weighted by molar-refractivity contribution is 5.67. The van der Waals surface area contributed by atoms with Crippen molar-refractivity contribution in [2.24, 2.45) is 0 Å². The zero-order chi connectivity index (χ0) is 11.7. The first-order valence-electron chi connectivity index (χ1n) is 4.63. The van der Waals surface area contributed by atoms with Gasteiger partial charge in [0.1, 0.15) is 5.56 Å². The van der Waals surface area contributed by atoms with E-state index in [0.29, 0.717) is 11.4 Å². The lowest BCUT2D eigenvalue weighted by Gasteiger charge is -1.98. The molecule has 1 heterocycles. The molecule has 0 spiro atoms. The molecule has 0 radical (unpaired) electrons. The minimum absolute atomic E-state index is 0.0244. The smallest absolute Gasteiger partial charge is 0.282 e. The summed E-state index contributed by atoms with van der Waals surface area (Å²) < 4.78 is 4.92. The van der Waals surface area contributed by atoms with Crippen molar-refractivity contribution in [1.82, 2.24) is 10.1 Å². The van der Waals surface area contributed by atoms with E-state index in [-0.39, 0.29) is 11.6 Å². The number of aromatic nitrogens is 2. The number of hydrogen-bond acceptors (Lipinski definition) is 5. The average molecular weight is 219 g/mol. The number of aryl methyl sites for hydroxylation is 2. The van der Waals surface area contributed by atoms with Crippen molar-refractivity contribution in [2.75, 3.05) is 0 Å². The fraction of sp³-hybridized carbons (Fsp3) is 0.200. The molecule has 1 aromatic carbocycles. The van der Waals surface area contributed by atoms with Crippen molar-refractivity contribution >= 4 is 5.69 Å². The van der Waals surface area contributed by atoms with Crippen molar-refractivity contribution in [3.63, 3.8) is 0 Å². The van der Waals surface area contributed by atoms with E-state index in [1.807, 2.05) is 0 Å². The fourth-order valence-corrected chi connectivity index (χ4v) is 1.38. The van der Waals surface area contributed by atoms with Gasteiger partial charge in [0.2, 0.25) is 0 Å². The highest BCUT2D eigenvalue weighted by atomic mass is 16.6. The molecule has 82 valence electrons. The number of hydrogen-bond donors (Lipinski definition) is 0. The largest absolute Gasteiger partial charge is 0.334 e. The van der Waals surface area contributed by atoms with Crippen LogP contribution in [-0.2, 0) is 0 Å². The minimum atomic E-state index is -0.456. The molecule has 0 amide bonds. The molecule has 0 saturated carbocycles. The first-order valence-corrected chi connectivity index (χ1v) is 4.63. The second-order valence-electron chi connectivity index (χ2n) is 3.42. The third-order valence-corrected chi connectivity index (χ3v) is 2.11. The molecule has 6 nitrogen and oxygen atoms in total. The van der Waals surface area contributed by atoms with Crippen molar-refractivity contribution in [1.29, 1.82) is 0 Å². The van der Waals surface area contributed by atoms with Gasteiger partial charge in [-0.1, -0.05) is 11.2 Å². The van der Waals surface area contributed by atoms with E-state index in [0.717, 1.165) is 5.56 Å². The van der Waals surface area contributed by atoms with Crippen molar-refractivity contribution in [3.05, 3.63) is 39.7 Å². The first-order chi connectivity index (χ1) is 7.58. The van der Waals surface area contributed by atoms with Gasteiger partial charge in [-0.05, 0) is 25.5 Å². The third kappa shape index (κ3) is 1.77. The van der Waals surface area contributed by atoms with Gasteiger partial charge in [-0.3, -0.25) is 10.1 Å². The molecule has 16 heavy (non-hydrogen) atoms. The Kier molecular flexibility index (Phi) is 2.40. The van der Waals surface area contributed by atoms with Crippen LogP contribution >= 0.6 is 0 Å². The normalized spacial score (nSPS) is 10.4. The standard InChI is InChI=1S/C10H9N3O3/c1-6-3-4-8(9(5-6)13(14)15)10-11-7(2)12-16-10/h3-5H,1-2H3. The Labute approximate surface area is 91.1 Å². The van der Waals surface area contributed by atoms with E-state index in [1.54, 1.807) is 26.0 Å². The fourth-order valence-electron chi connectivity index (χ4n) is 1.38. The van der Waals surface area contributed by atoms with Crippen molar-refractivity contribution in [3.8, 4) is 11.5 Å². The zero-order valence-corrected chi connectivity index (χ0v) is 8.80. The number of nitrogens with zero attached hydrogens (tertiary/aromatic N) is 3. The molecule has 1 aromatic heterocycles. The summed E-state index contributed by atoms with van der Waals surface area (Å²) in [5, 5.41) is 14.5. The second kappa shape index (κ2) is 3.73. The zero-order valence-electron chi connectivity index (χ0n) is 8.80. The first kappa shape index (κ1) is 10.3. The Balaban J connectivity index is 2.60. The van der Waals surface area contributed by atoms with Crippen LogP contribution in [0.25, 0.3) is 11.5 Å². The second-order valence-corrected chi connectivity index (χ2v) is 3.42. The maximum absolute atomic E-state index is 10.9. The molecule has 0 unspecified atom stereocenters. The lowest BCUT2D eigenvalue weighted by molar-refractivity contribution is -0.384. The molecule has 0 fully saturated rings. The van der Waals surface area contributed by atoms with Gasteiger partial charge in [0, 0.05) is 6.07 Å². The van der Waals surface area contributed by atoms with Crippen molar-refractivity contribution < 1.29 is 9.45 Å². The lowest BCUT2D eigenvalue weighted by Crippen LogP contribution is -1.93. The molecule has 6 heteroatoms. The van der Waals surface area contributed by atoms with Gasteiger partial charge < -0.3 is 4.52 Å². The Bertz CT molecular complexity index is 548. The van der Waals surface area contributed by atoms with E-state index < -0.39 is 4.92 Å². The van der Waals surface area contributed by atoms with Crippen LogP contribution in [0.4, 0.5) is 5.69 Å². The summed E-state index contributed by atoms with van der Waals surface area (Å²) in [6, 6.07) is 4.86. The summed E-state index contributed by atoms with van der Waals surface area (Å²) in [5.74, 6) is 0.620. The number of nitro benzene ring substituents is 1. The molecule has 0 N–H and O–H groups in total. The molecule has 2 aromatic rings. The molecule has 2 rings (SSSR count). The Hall–Kier alpha value is -2.24. The van der Waals surface area contributed by atoms with E-state index in [1.165, 1.54) is 6.07 Å². The summed E-state index contributed by atoms with van der Waals surface area (Å²) in [6.45, 7) is 3.45. The van der Waals surface area contributed by atoms with E-state index >= 15 is 0 Å². The van der Waals surface area contributed by atoms with Gasteiger partial charge in [-0.15, -0.1) is 0 Å². The van der Waals surface area contributed by atoms with Crippen molar-refractivity contribution in [2.45, 2.75) is 13.8 Å². The van der Waals surface area contributed by atoms with Gasteiger partial charge in [0.15, 0.2) is 5.82 Å². The lowest BCUT2D eigenvalue weighted by atomic mass is 10.1. The molecule has 0 saturated heterocycles. The maximum Gasteiger partial charge on any atom is 0.282 e. The number of benzene rings is 1. The molecule has 0 atom stereocenters. The van der Waals surface area contributed by atoms with Crippen LogP contribution in [0.5, 0.6) is 0 Å². The summed E-state index contributed by atoms with van der Waals surface area (Å²) >= 11 is 0. The SMILES string of the molecule is Cc1ccc(-c2nc(C)no2)c([N+](=O)[O-])c1. The van der Waals surface area contributed by atoms with E-state index in [2.05, 4.69) is 10.1 Å². The predicted molar refractivity (Wildman–Crippen MR) is 55.9 cm³/mol. The molecule has 0 aliphatic heterocycles. The van der Waals surface area contributed by atoms with E-state index in [9.17, 15) is 10.1 Å². The van der Waals surface area contributed by atoms with Crippen LogP contribution in [0.3, 0.4) is 0 Å². The van der Waals surface area contributed by atoms with Gasteiger partial charge in [0.05, 0.1) is 4.92 Å². The maximum atomic E-state index is 10.9. The summed E-state index contributed by atoms with van der Waals surface area (Å²) in [4.78, 5) is 14.4. The Morgan fingerprint density at radius 2 is 2.12 bits per heavy atom. The van der Waals surface area contributed by atoms with Crippen LogP contribution in [0.15, 0.2) is 22.7 Å².